The Morgan fingerprint density at radius 2 is 1.68 bits per heavy atom. The number of pyridine rings is 2. The van der Waals surface area contributed by atoms with E-state index in [1.54, 1.807) is 12.4 Å². The summed E-state index contributed by atoms with van der Waals surface area (Å²) in [5.41, 5.74) is 3.95. The fourth-order valence-corrected chi connectivity index (χ4v) is 2.17. The zero-order valence-electron chi connectivity index (χ0n) is 12.5. The van der Waals surface area contributed by atoms with Crippen LogP contribution < -0.4 is 4.90 Å². The monoisotopic (exact) mass is 343 g/mol. The van der Waals surface area contributed by atoms with Gasteiger partial charge in [0.1, 0.15) is 5.52 Å². The van der Waals surface area contributed by atoms with Gasteiger partial charge in [-0.1, -0.05) is 0 Å². The van der Waals surface area contributed by atoms with E-state index < -0.39 is 0 Å². The second-order valence-electron chi connectivity index (χ2n) is 4.67. The van der Waals surface area contributed by atoms with Gasteiger partial charge in [0.25, 0.3) is 0 Å². The molecule has 3 aromatic rings. The summed E-state index contributed by atoms with van der Waals surface area (Å²) in [6.07, 6.45) is 5.44. The van der Waals surface area contributed by atoms with E-state index in [-0.39, 0.29) is 30.3 Å². The van der Waals surface area contributed by atoms with Crippen molar-refractivity contribution < 1.29 is 5.48 Å². The largest absolute Gasteiger partial charge is 0.412 e. The summed E-state index contributed by atoms with van der Waals surface area (Å²) in [6, 6.07) is 6.00. The van der Waals surface area contributed by atoms with E-state index >= 15 is 0 Å². The molecule has 22 heavy (non-hydrogen) atoms. The van der Waals surface area contributed by atoms with Crippen molar-refractivity contribution in [2.24, 2.45) is 7.05 Å². The highest BCUT2D eigenvalue weighted by atomic mass is 35.5. The summed E-state index contributed by atoms with van der Waals surface area (Å²) in [4.78, 5) is 15.1. The molecule has 3 heterocycles. The molecule has 2 N–H and O–H groups in total. The number of aryl methyl sites for hydroxylation is 1. The molecule has 8 heteroatoms. The van der Waals surface area contributed by atoms with Crippen molar-refractivity contribution in [1.82, 2.24) is 19.5 Å². The molecule has 3 aromatic heterocycles. The second-order valence-corrected chi connectivity index (χ2v) is 4.67. The molecule has 0 aliphatic rings. The van der Waals surface area contributed by atoms with Crippen LogP contribution in [0.15, 0.2) is 36.8 Å². The number of rotatable bonds is 2. The van der Waals surface area contributed by atoms with Gasteiger partial charge >= 0.3 is 0 Å². The van der Waals surface area contributed by atoms with E-state index in [0.29, 0.717) is 0 Å². The molecular weight excluding hydrogens is 325 g/mol. The first-order valence-corrected chi connectivity index (χ1v) is 6.07. The minimum absolute atomic E-state index is 0. The highest BCUT2D eigenvalue weighted by molar-refractivity contribution is 5.85. The summed E-state index contributed by atoms with van der Waals surface area (Å²) in [6.45, 7) is 0. The van der Waals surface area contributed by atoms with Crippen LogP contribution in [-0.2, 0) is 7.05 Å². The molecule has 0 fully saturated rings. The maximum absolute atomic E-state index is 4.61. The van der Waals surface area contributed by atoms with Crippen LogP contribution in [0.4, 0.5) is 5.95 Å². The summed E-state index contributed by atoms with van der Waals surface area (Å²) in [5.74, 6) is 0.898. The molecular formula is C14H19Cl2N5O. The van der Waals surface area contributed by atoms with Crippen molar-refractivity contribution in [1.29, 1.82) is 0 Å². The molecule has 0 aromatic carbocycles. The lowest BCUT2D eigenvalue weighted by Crippen LogP contribution is -2.13. The lowest BCUT2D eigenvalue weighted by molar-refractivity contribution is 0.824. The van der Waals surface area contributed by atoms with Crippen molar-refractivity contribution in [3.8, 4) is 11.1 Å². The number of imidazole rings is 1. The molecule has 3 rings (SSSR count). The predicted molar refractivity (Wildman–Crippen MR) is 94.2 cm³/mol. The number of aromatic nitrogens is 4. The molecule has 0 amide bonds. The Balaban J connectivity index is 0.00000147. The van der Waals surface area contributed by atoms with E-state index in [1.165, 1.54) is 0 Å². The van der Waals surface area contributed by atoms with Gasteiger partial charge in [0.05, 0.1) is 0 Å². The quantitative estimate of drug-likeness (QED) is 0.713. The molecule has 0 aliphatic carbocycles. The van der Waals surface area contributed by atoms with Crippen LogP contribution >= 0.6 is 24.8 Å². The maximum atomic E-state index is 4.61. The average molecular weight is 344 g/mol. The van der Waals surface area contributed by atoms with Gasteiger partial charge in [-0.25, -0.2) is 9.97 Å². The summed E-state index contributed by atoms with van der Waals surface area (Å²) >= 11 is 0. The zero-order chi connectivity index (χ0) is 13.4. The molecule has 0 radical (unpaired) electrons. The number of anilines is 1. The minimum atomic E-state index is 0. The Kier molecular flexibility index (Phi) is 7.25. The third-order valence-corrected chi connectivity index (χ3v) is 3.10. The third kappa shape index (κ3) is 3.47. The van der Waals surface area contributed by atoms with Gasteiger partial charge in [0.15, 0.2) is 5.65 Å². The first-order chi connectivity index (χ1) is 9.16. The van der Waals surface area contributed by atoms with Crippen molar-refractivity contribution in [2.45, 2.75) is 0 Å². The fraction of sp³-hybridized carbons (Fsp3) is 0.214. The predicted octanol–water partition coefficient (Wildman–Crippen LogP) is 2.12. The van der Waals surface area contributed by atoms with Crippen LogP contribution in [0.5, 0.6) is 0 Å². The van der Waals surface area contributed by atoms with E-state index in [1.807, 2.05) is 48.9 Å². The van der Waals surface area contributed by atoms with E-state index in [4.69, 9.17) is 0 Å². The highest BCUT2D eigenvalue weighted by Crippen LogP contribution is 2.24. The summed E-state index contributed by atoms with van der Waals surface area (Å²) in [7, 11) is 5.93. The average Bonchev–Trinajstić information content (AvgIpc) is 2.77. The third-order valence-electron chi connectivity index (χ3n) is 3.10. The molecule has 0 unspecified atom stereocenters. The standard InChI is InChI=1S/C14H15N5.2ClH.H2O/c1-18(2)14-17-12-8-11(9-16-13(12)19(14)3)10-4-6-15-7-5-10;;;/h4-9H,1-3H3;2*1H;1H2. The minimum Gasteiger partial charge on any atom is -0.412 e. The van der Waals surface area contributed by atoms with Crippen LogP contribution in [-0.4, -0.2) is 39.1 Å². The lowest BCUT2D eigenvalue weighted by atomic mass is 10.1. The molecule has 0 aliphatic heterocycles. The fourth-order valence-electron chi connectivity index (χ4n) is 2.17. The van der Waals surface area contributed by atoms with E-state index in [2.05, 4.69) is 21.0 Å². The van der Waals surface area contributed by atoms with Gasteiger partial charge < -0.3 is 10.4 Å². The van der Waals surface area contributed by atoms with Crippen LogP contribution in [0.3, 0.4) is 0 Å². The normalized spacial score (nSPS) is 9.41. The smallest absolute Gasteiger partial charge is 0.206 e. The van der Waals surface area contributed by atoms with E-state index in [9.17, 15) is 0 Å². The van der Waals surface area contributed by atoms with Crippen molar-refractivity contribution in [3.63, 3.8) is 0 Å². The van der Waals surface area contributed by atoms with Crippen LogP contribution in [0, 0.1) is 0 Å². The van der Waals surface area contributed by atoms with Gasteiger partial charge in [0, 0.05) is 45.3 Å². The molecule has 120 valence electrons. The number of halogens is 2. The van der Waals surface area contributed by atoms with E-state index in [0.717, 1.165) is 28.2 Å². The molecule has 0 spiro atoms. The van der Waals surface area contributed by atoms with Gasteiger partial charge in [-0.2, -0.15) is 0 Å². The maximum Gasteiger partial charge on any atom is 0.206 e. The summed E-state index contributed by atoms with van der Waals surface area (Å²) < 4.78 is 1.99. The first kappa shape index (κ1) is 20.1. The van der Waals surface area contributed by atoms with Crippen LogP contribution in [0.25, 0.3) is 22.3 Å². The van der Waals surface area contributed by atoms with Crippen molar-refractivity contribution in [2.75, 3.05) is 19.0 Å². The molecule has 0 atom stereocenters. The van der Waals surface area contributed by atoms with Crippen molar-refractivity contribution >= 4 is 41.9 Å². The Hall–Kier alpha value is -1.89. The molecule has 0 bridgehead atoms. The SMILES string of the molecule is CN(C)c1nc2cc(-c3ccncc3)cnc2n1C.Cl.Cl.O. The highest BCUT2D eigenvalue weighted by Gasteiger charge is 2.11. The van der Waals surface area contributed by atoms with Crippen LogP contribution in [0.1, 0.15) is 0 Å². The van der Waals surface area contributed by atoms with Gasteiger partial charge in [-0.05, 0) is 23.8 Å². The van der Waals surface area contributed by atoms with Crippen molar-refractivity contribution in [3.05, 3.63) is 36.8 Å². The second kappa shape index (κ2) is 7.93. The molecule has 0 saturated heterocycles. The number of fused-ring (bicyclic) bond motifs is 1. The Bertz CT molecular complexity index is 731. The Morgan fingerprint density at radius 1 is 1.05 bits per heavy atom. The number of nitrogens with zero attached hydrogens (tertiary/aromatic N) is 5. The number of hydrogen-bond acceptors (Lipinski definition) is 4. The topological polar surface area (TPSA) is 78.3 Å². The molecule has 6 nitrogen and oxygen atoms in total. The Labute approximate surface area is 141 Å². The zero-order valence-corrected chi connectivity index (χ0v) is 14.1. The number of hydrogen-bond donors (Lipinski definition) is 0. The summed E-state index contributed by atoms with van der Waals surface area (Å²) in [5, 5.41) is 0. The van der Waals surface area contributed by atoms with Gasteiger partial charge in [0.2, 0.25) is 5.95 Å². The van der Waals surface area contributed by atoms with Gasteiger partial charge in [-0.3, -0.25) is 9.55 Å². The van der Waals surface area contributed by atoms with Crippen LogP contribution in [0.2, 0.25) is 0 Å². The van der Waals surface area contributed by atoms with Gasteiger partial charge in [-0.15, -0.1) is 24.8 Å². The molecule has 0 saturated carbocycles. The lowest BCUT2D eigenvalue weighted by Gasteiger charge is -2.10. The Morgan fingerprint density at radius 3 is 2.27 bits per heavy atom. The first-order valence-electron chi connectivity index (χ1n) is 6.07.